The van der Waals surface area contributed by atoms with Crippen molar-refractivity contribution in [1.29, 1.82) is 0 Å². The molecule has 0 fully saturated rings. The summed E-state index contributed by atoms with van der Waals surface area (Å²) in [4.78, 5) is 20.1. The van der Waals surface area contributed by atoms with Crippen molar-refractivity contribution in [1.82, 2.24) is 24.6 Å². The van der Waals surface area contributed by atoms with Gasteiger partial charge in [-0.1, -0.05) is 29.8 Å². The standard InChI is InChI=1S/C24H27N5OS/c1-15-4-6-17(7-5-15)12-29-14-26-23-22(24(29)30)20-9-8-19(10-21(20)31-23)25-11-18-13-28(3)27-16(18)2/h4-7,13-14,19,25H,8-12H2,1-3H3/t19-/m1/s1. The highest BCUT2D eigenvalue weighted by atomic mass is 32.1. The highest BCUT2D eigenvalue weighted by Crippen LogP contribution is 2.33. The van der Waals surface area contributed by atoms with Crippen LogP contribution in [0.4, 0.5) is 0 Å². The monoisotopic (exact) mass is 433 g/mol. The average Bonchev–Trinajstić information content (AvgIpc) is 3.28. The van der Waals surface area contributed by atoms with Gasteiger partial charge in [0.1, 0.15) is 4.83 Å². The van der Waals surface area contributed by atoms with Crippen LogP contribution in [0.5, 0.6) is 0 Å². The van der Waals surface area contributed by atoms with Crippen LogP contribution < -0.4 is 10.9 Å². The van der Waals surface area contributed by atoms with E-state index in [1.165, 1.54) is 21.6 Å². The van der Waals surface area contributed by atoms with Crippen LogP contribution in [-0.2, 0) is 33.0 Å². The van der Waals surface area contributed by atoms with E-state index in [4.69, 9.17) is 0 Å². The molecule has 3 aromatic heterocycles. The van der Waals surface area contributed by atoms with E-state index in [-0.39, 0.29) is 5.56 Å². The SMILES string of the molecule is Cc1ccc(Cn2cnc3sc4c(c3c2=O)CC[C@@H](NCc2cn(C)nc2C)C4)cc1. The Labute approximate surface area is 185 Å². The van der Waals surface area contributed by atoms with Gasteiger partial charge in [-0.25, -0.2) is 4.98 Å². The number of rotatable bonds is 5. The molecule has 160 valence electrons. The molecule has 0 aliphatic heterocycles. The lowest BCUT2D eigenvalue weighted by atomic mass is 9.93. The number of hydrogen-bond donors (Lipinski definition) is 1. The Morgan fingerprint density at radius 3 is 2.77 bits per heavy atom. The Kier molecular flexibility index (Phi) is 5.24. The molecule has 1 aliphatic carbocycles. The summed E-state index contributed by atoms with van der Waals surface area (Å²) in [6, 6.07) is 8.73. The summed E-state index contributed by atoms with van der Waals surface area (Å²) in [5, 5.41) is 8.94. The summed E-state index contributed by atoms with van der Waals surface area (Å²) in [6.07, 6.45) is 6.69. The number of aromatic nitrogens is 4. The van der Waals surface area contributed by atoms with Crippen molar-refractivity contribution < 1.29 is 0 Å². The molecule has 0 amide bonds. The van der Waals surface area contributed by atoms with E-state index in [0.717, 1.165) is 47.3 Å². The lowest BCUT2D eigenvalue weighted by Gasteiger charge is -2.23. The van der Waals surface area contributed by atoms with Crippen molar-refractivity contribution in [3.8, 4) is 0 Å². The van der Waals surface area contributed by atoms with E-state index in [0.29, 0.717) is 12.6 Å². The molecule has 0 unspecified atom stereocenters. The summed E-state index contributed by atoms with van der Waals surface area (Å²) >= 11 is 1.68. The number of nitrogens with zero attached hydrogens (tertiary/aromatic N) is 4. The van der Waals surface area contributed by atoms with Gasteiger partial charge in [-0.2, -0.15) is 5.10 Å². The average molecular weight is 434 g/mol. The molecule has 6 nitrogen and oxygen atoms in total. The first-order valence-electron chi connectivity index (χ1n) is 10.8. The number of benzene rings is 1. The quantitative estimate of drug-likeness (QED) is 0.523. The second-order valence-corrected chi connectivity index (χ2v) is 9.66. The second kappa shape index (κ2) is 8.05. The van der Waals surface area contributed by atoms with Crippen molar-refractivity contribution in [2.45, 2.75) is 52.2 Å². The minimum Gasteiger partial charge on any atom is -0.309 e. The van der Waals surface area contributed by atoms with Crippen molar-refractivity contribution >= 4 is 21.6 Å². The highest BCUT2D eigenvalue weighted by Gasteiger charge is 2.25. The topological polar surface area (TPSA) is 64.7 Å². The molecule has 0 saturated carbocycles. The molecule has 31 heavy (non-hydrogen) atoms. The number of fused-ring (bicyclic) bond motifs is 3. The molecule has 1 aromatic carbocycles. The largest absolute Gasteiger partial charge is 0.309 e. The van der Waals surface area contributed by atoms with Gasteiger partial charge < -0.3 is 5.32 Å². The fourth-order valence-electron chi connectivity index (χ4n) is 4.45. The van der Waals surface area contributed by atoms with Gasteiger partial charge in [0, 0.05) is 36.3 Å². The van der Waals surface area contributed by atoms with Crippen molar-refractivity contribution in [2.24, 2.45) is 7.05 Å². The highest BCUT2D eigenvalue weighted by molar-refractivity contribution is 7.18. The van der Waals surface area contributed by atoms with Crippen LogP contribution in [0, 0.1) is 13.8 Å². The van der Waals surface area contributed by atoms with Crippen LogP contribution in [0.15, 0.2) is 41.6 Å². The molecule has 3 heterocycles. The van der Waals surface area contributed by atoms with Crippen LogP contribution in [0.25, 0.3) is 10.2 Å². The Morgan fingerprint density at radius 1 is 1.23 bits per heavy atom. The molecule has 1 N–H and O–H groups in total. The van der Waals surface area contributed by atoms with Gasteiger partial charge in [-0.15, -0.1) is 11.3 Å². The van der Waals surface area contributed by atoms with Crippen molar-refractivity contribution in [2.75, 3.05) is 0 Å². The summed E-state index contributed by atoms with van der Waals surface area (Å²) in [6.45, 7) is 5.50. The van der Waals surface area contributed by atoms with Gasteiger partial charge in [-0.05, 0) is 44.2 Å². The van der Waals surface area contributed by atoms with Crippen molar-refractivity contribution in [3.05, 3.63) is 80.0 Å². The zero-order valence-electron chi connectivity index (χ0n) is 18.2. The Bertz CT molecular complexity index is 1300. The van der Waals surface area contributed by atoms with E-state index in [1.807, 2.05) is 11.7 Å². The number of aryl methyl sites for hydroxylation is 4. The third-order valence-corrected chi connectivity index (χ3v) is 7.37. The van der Waals surface area contributed by atoms with E-state index in [1.54, 1.807) is 22.2 Å². The predicted octanol–water partition coefficient (Wildman–Crippen LogP) is 3.50. The molecular weight excluding hydrogens is 406 g/mol. The Balaban J connectivity index is 1.36. The van der Waals surface area contributed by atoms with Crippen LogP contribution in [0.2, 0.25) is 0 Å². The maximum atomic E-state index is 13.3. The molecule has 4 aromatic rings. The predicted molar refractivity (Wildman–Crippen MR) is 125 cm³/mol. The lowest BCUT2D eigenvalue weighted by Crippen LogP contribution is -2.34. The van der Waals surface area contributed by atoms with Gasteiger partial charge in [-0.3, -0.25) is 14.0 Å². The van der Waals surface area contributed by atoms with Gasteiger partial charge in [0.05, 0.1) is 24.0 Å². The fourth-order valence-corrected chi connectivity index (χ4v) is 5.71. The third-order valence-electron chi connectivity index (χ3n) is 6.21. The molecule has 0 radical (unpaired) electrons. The normalized spacial score (nSPS) is 16.0. The van der Waals surface area contributed by atoms with Crippen LogP contribution >= 0.6 is 11.3 Å². The lowest BCUT2D eigenvalue weighted by molar-refractivity contribution is 0.462. The first kappa shape index (κ1) is 20.2. The Hall–Kier alpha value is -2.77. The van der Waals surface area contributed by atoms with Crippen LogP contribution in [0.3, 0.4) is 0 Å². The maximum Gasteiger partial charge on any atom is 0.262 e. The van der Waals surface area contributed by atoms with E-state index in [9.17, 15) is 4.79 Å². The molecule has 1 aliphatic rings. The van der Waals surface area contributed by atoms with Gasteiger partial charge in [0.25, 0.3) is 5.56 Å². The number of thiophene rings is 1. The van der Waals surface area contributed by atoms with E-state index < -0.39 is 0 Å². The maximum absolute atomic E-state index is 13.3. The van der Waals surface area contributed by atoms with Gasteiger partial charge >= 0.3 is 0 Å². The van der Waals surface area contributed by atoms with Crippen molar-refractivity contribution in [3.63, 3.8) is 0 Å². The van der Waals surface area contributed by atoms with E-state index in [2.05, 4.69) is 59.7 Å². The number of hydrogen-bond acceptors (Lipinski definition) is 5. The first-order chi connectivity index (χ1) is 15.0. The summed E-state index contributed by atoms with van der Waals surface area (Å²) < 4.78 is 3.61. The van der Waals surface area contributed by atoms with Crippen LogP contribution in [0.1, 0.15) is 39.2 Å². The minimum absolute atomic E-state index is 0.0838. The smallest absolute Gasteiger partial charge is 0.262 e. The Morgan fingerprint density at radius 2 is 2.03 bits per heavy atom. The minimum atomic E-state index is 0.0838. The second-order valence-electron chi connectivity index (χ2n) is 8.58. The summed E-state index contributed by atoms with van der Waals surface area (Å²) in [5.74, 6) is 0. The fraction of sp³-hybridized carbons (Fsp3) is 0.375. The molecule has 0 saturated heterocycles. The molecule has 1 atom stereocenters. The molecule has 0 spiro atoms. The molecule has 0 bridgehead atoms. The molecular formula is C24H27N5OS. The summed E-state index contributed by atoms with van der Waals surface area (Å²) in [7, 11) is 1.96. The zero-order chi connectivity index (χ0) is 21.5. The third kappa shape index (κ3) is 3.95. The van der Waals surface area contributed by atoms with Gasteiger partial charge in [0.15, 0.2) is 0 Å². The summed E-state index contributed by atoms with van der Waals surface area (Å²) in [5.41, 5.74) is 5.95. The van der Waals surface area contributed by atoms with Gasteiger partial charge in [0.2, 0.25) is 0 Å². The molecule has 7 heteroatoms. The first-order valence-corrected chi connectivity index (χ1v) is 11.6. The van der Waals surface area contributed by atoms with E-state index >= 15 is 0 Å². The molecule has 5 rings (SSSR count). The number of nitrogens with one attached hydrogen (secondary N) is 1. The zero-order valence-corrected chi connectivity index (χ0v) is 19.0. The van der Waals surface area contributed by atoms with Crippen LogP contribution in [-0.4, -0.2) is 25.4 Å².